The molecule has 0 bridgehead atoms. The number of aliphatic hydroxyl groups is 1. The second-order valence-corrected chi connectivity index (χ2v) is 34.6. The molecule has 0 unspecified atom stereocenters. The van der Waals surface area contributed by atoms with Gasteiger partial charge in [-0.2, -0.15) is 0 Å². The maximum Gasteiger partial charge on any atom is 0.245 e. The van der Waals surface area contributed by atoms with Crippen molar-refractivity contribution >= 4 is 99.5 Å². The Balaban J connectivity index is 2.57. The van der Waals surface area contributed by atoms with E-state index in [0.717, 1.165) is 12.8 Å². The average Bonchev–Trinajstić information content (AvgIpc) is 1.64. The fourth-order valence-corrected chi connectivity index (χ4v) is 13.9. The number of aromatic amines is 1. The smallest absolute Gasteiger partial charge is 0.245 e. The van der Waals surface area contributed by atoms with E-state index in [-0.39, 0.29) is 126 Å². The summed E-state index contributed by atoms with van der Waals surface area (Å²) in [7, 11) is 0. The first-order valence-electron chi connectivity index (χ1n) is 44.6. The second kappa shape index (κ2) is 60.2. The number of carbonyl (C=O) groups is 15. The summed E-state index contributed by atoms with van der Waals surface area (Å²) in [6.07, 6.45) is 6.78. The molecule has 704 valence electrons. The van der Waals surface area contributed by atoms with Crippen LogP contribution in [0.25, 0.3) is 10.9 Å². The number of hydrogen-bond acceptors (Lipinski definition) is 22. The number of unbranched alkanes of at least 4 members (excludes halogenated alkanes) is 7. The van der Waals surface area contributed by atoms with Crippen LogP contribution in [0.5, 0.6) is 0 Å². The fraction of sp³-hybridized carbons (Fsp3) is 0.733. The third-order valence-electron chi connectivity index (χ3n) is 21.0. The number of carbonyl (C=O) groups excluding carboxylic acids is 15. The maximum atomic E-state index is 15.1. The molecule has 124 heavy (non-hydrogen) atoms. The van der Waals surface area contributed by atoms with Gasteiger partial charge in [-0.05, 0) is 236 Å². The molecule has 15 amide bonds. The first-order chi connectivity index (χ1) is 58.7. The number of para-hydroxylation sites is 1. The molecule has 0 aliphatic heterocycles. The van der Waals surface area contributed by atoms with E-state index in [4.69, 9.17) is 40.1 Å². The van der Waals surface area contributed by atoms with E-state index in [0.29, 0.717) is 100 Å². The number of rotatable bonds is 65. The Morgan fingerprint density at radius 3 is 0.968 bits per heavy atom. The number of aromatic nitrogens is 1. The molecule has 0 spiro atoms. The number of nitrogens with two attached hydrogens (primary N) is 7. The van der Waals surface area contributed by atoms with Crippen molar-refractivity contribution in [2.45, 2.75) is 335 Å². The molecule has 38 heteroatoms. The summed E-state index contributed by atoms with van der Waals surface area (Å²) >= 11 is 0. The predicted octanol–water partition coefficient (Wildman–Crippen LogP) is -0.592. The molecule has 38 nitrogen and oxygen atoms in total. The Morgan fingerprint density at radius 2 is 0.605 bits per heavy atom. The van der Waals surface area contributed by atoms with Crippen molar-refractivity contribution in [1.82, 2.24) is 79.4 Å². The van der Waals surface area contributed by atoms with Crippen LogP contribution in [-0.4, -0.2) is 229 Å². The Kier molecular flexibility index (Phi) is 53.7. The Hall–Kier alpha value is -9.47. The highest BCUT2D eigenvalue weighted by Crippen LogP contribution is 2.22. The lowest BCUT2D eigenvalue weighted by Crippen LogP contribution is -2.62. The standard InChI is InChI=1S/C86H154N22O16/c1-49(2)43-65(102-74(112)55(12)96-75(113)60(31-18-24-38-88)97-70(110)36-15-14-23-37-87)82(120)104-69(47-57-48-94-59-30-17-16-29-58(57)59)84(122)101-64(35-22-28-42-92)79(117)108-72(56(13)109)86(124)106-68(46-52(7)8)83(121)103-66(44-50(3)4)80(118)100-62(33-20-26-40-90)77(115)98-63(34-21-27-41-91)78(116)107-71(53(9)10)85(123)105-67(45-51(5)6)81(119)99-61(32-19-25-39-89)76(114)95-54(11)73(93)111/h16-17,29-30,48-56,60-69,71-72,94,109H,14-15,18-28,31-47,87-92H2,1-13H3,(H2,93,111)(H,95,114)(H,96,113)(H,97,110)(H,98,115)(H,99,119)(H,100,118)(H,101,122)(H,102,112)(H,103,121)(H,104,120)(H,105,123)(H,106,124)(H,107,116)(H,108,117)/t54-,55-,56+,60-,61-,62-,63-,64-,65-,66-,67-,68-,69-,71-,72-/m0/s1. The van der Waals surface area contributed by atoms with Crippen LogP contribution in [0.1, 0.15) is 243 Å². The molecule has 0 fully saturated rings. The van der Waals surface area contributed by atoms with E-state index < -0.39 is 179 Å². The van der Waals surface area contributed by atoms with E-state index in [1.165, 1.54) is 20.8 Å². The van der Waals surface area contributed by atoms with E-state index in [9.17, 15) is 72.2 Å². The van der Waals surface area contributed by atoms with Crippen LogP contribution in [-0.2, 0) is 78.3 Å². The van der Waals surface area contributed by atoms with Crippen LogP contribution in [0.3, 0.4) is 0 Å². The zero-order chi connectivity index (χ0) is 93.3. The lowest BCUT2D eigenvalue weighted by Gasteiger charge is -2.30. The summed E-state index contributed by atoms with van der Waals surface area (Å²) in [6, 6.07) is -11.1. The normalized spacial score (nSPS) is 15.2. The van der Waals surface area contributed by atoms with Crippen LogP contribution in [0.15, 0.2) is 30.5 Å². The molecule has 1 aromatic heterocycles. The van der Waals surface area contributed by atoms with E-state index in [1.807, 2.05) is 45.9 Å². The van der Waals surface area contributed by atoms with E-state index >= 15 is 4.79 Å². The number of hydrogen-bond donors (Lipinski definition) is 23. The van der Waals surface area contributed by atoms with E-state index in [1.54, 1.807) is 53.8 Å². The summed E-state index contributed by atoms with van der Waals surface area (Å²) < 4.78 is 0. The predicted molar refractivity (Wildman–Crippen MR) is 476 cm³/mol. The quantitative estimate of drug-likeness (QED) is 0.0368. The van der Waals surface area contributed by atoms with Gasteiger partial charge in [0.15, 0.2) is 0 Å². The van der Waals surface area contributed by atoms with Crippen LogP contribution in [0.4, 0.5) is 0 Å². The molecule has 2 aromatic rings. The van der Waals surface area contributed by atoms with Crippen molar-refractivity contribution in [3.05, 3.63) is 36.0 Å². The SMILES string of the molecule is CC(C)C[C@H](NC(=O)[C@H](C)NC(=O)[C@H](CCCCN)NC(=O)CCCCCN)C(=O)N[C@@H](Cc1c[nH]c2ccccc12)C(=O)N[C@@H](CCCCN)C(=O)N[C@H](C(=O)N[C@@H](CC(C)C)C(=O)N[C@@H](CC(C)C)C(=O)N[C@@H](CCCCN)C(=O)N[C@@H](CCCCN)C(=O)N[C@H](C(=O)N[C@@H](CC(C)C)C(=O)N[C@@H](CCCCN)C(=O)N[C@@H](C)C(N)=O)C(C)C)[C@@H](C)O. The summed E-state index contributed by atoms with van der Waals surface area (Å²) in [5, 5.41) is 50.3. The monoisotopic (exact) mass is 1750 g/mol. The third-order valence-corrected chi connectivity index (χ3v) is 21.0. The van der Waals surface area contributed by atoms with Crippen LogP contribution in [0.2, 0.25) is 0 Å². The molecule has 0 saturated heterocycles. The molecule has 0 aliphatic rings. The van der Waals surface area contributed by atoms with Crippen LogP contribution < -0.4 is 115 Å². The molecular formula is C86H154N22O16. The molecule has 0 aliphatic carbocycles. The van der Waals surface area contributed by atoms with Gasteiger partial charge in [0.2, 0.25) is 88.6 Å². The minimum atomic E-state index is -1.78. The van der Waals surface area contributed by atoms with Crippen molar-refractivity contribution < 1.29 is 77.0 Å². The number of aliphatic hydroxyl groups excluding tert-OH is 1. The zero-order valence-corrected chi connectivity index (χ0v) is 75.8. The number of primary amides is 1. The van der Waals surface area contributed by atoms with Gasteiger partial charge in [-0.15, -0.1) is 0 Å². The lowest BCUT2D eigenvalue weighted by atomic mass is 9.98. The molecule has 1 heterocycles. The number of nitrogens with one attached hydrogen (secondary N) is 15. The highest BCUT2D eigenvalue weighted by molar-refractivity contribution is 6.01. The van der Waals surface area contributed by atoms with Crippen molar-refractivity contribution in [2.75, 3.05) is 39.3 Å². The van der Waals surface area contributed by atoms with Crippen molar-refractivity contribution in [3.63, 3.8) is 0 Å². The molecule has 1 aromatic carbocycles. The van der Waals surface area contributed by atoms with Gasteiger partial charge in [0.25, 0.3) is 0 Å². The second-order valence-electron chi connectivity index (χ2n) is 34.6. The van der Waals surface area contributed by atoms with E-state index in [2.05, 4.69) is 79.4 Å². The molecule has 30 N–H and O–H groups in total. The van der Waals surface area contributed by atoms with Gasteiger partial charge in [0, 0.05) is 29.9 Å². The summed E-state index contributed by atoms with van der Waals surface area (Å²) in [6.45, 7) is 23.6. The summed E-state index contributed by atoms with van der Waals surface area (Å²) in [5.74, 6) is -13.0. The highest BCUT2D eigenvalue weighted by Gasteiger charge is 2.40. The van der Waals surface area contributed by atoms with Gasteiger partial charge in [-0.3, -0.25) is 71.9 Å². The van der Waals surface area contributed by atoms with Crippen LogP contribution in [0, 0.1) is 29.6 Å². The first-order valence-corrected chi connectivity index (χ1v) is 44.6. The first kappa shape index (κ1) is 111. The Bertz CT molecular complexity index is 3650. The number of H-pyrrole nitrogens is 1. The van der Waals surface area contributed by atoms with Gasteiger partial charge >= 0.3 is 0 Å². The van der Waals surface area contributed by atoms with Gasteiger partial charge in [-0.25, -0.2) is 0 Å². The molecule has 15 atom stereocenters. The minimum Gasteiger partial charge on any atom is -0.391 e. The molecule has 0 saturated carbocycles. The fourth-order valence-electron chi connectivity index (χ4n) is 13.9. The lowest BCUT2D eigenvalue weighted by molar-refractivity contribution is -0.137. The summed E-state index contributed by atoms with van der Waals surface area (Å²) in [4.78, 5) is 216. The maximum absolute atomic E-state index is 15.1. The topological polar surface area (TPSA) is 643 Å². The summed E-state index contributed by atoms with van der Waals surface area (Å²) in [5.41, 5.74) is 41.5. The molecule has 2 rings (SSSR count). The molecular weight excluding hydrogens is 1600 g/mol. The Morgan fingerprint density at radius 1 is 0.315 bits per heavy atom. The zero-order valence-electron chi connectivity index (χ0n) is 75.8. The number of amides is 15. The van der Waals surface area contributed by atoms with Crippen molar-refractivity contribution in [3.8, 4) is 0 Å². The number of fused-ring (bicyclic) bond motifs is 1. The third kappa shape index (κ3) is 42.5. The highest BCUT2D eigenvalue weighted by atomic mass is 16.3. The van der Waals surface area contributed by atoms with Gasteiger partial charge < -0.3 is 125 Å². The van der Waals surface area contributed by atoms with Crippen molar-refractivity contribution in [1.29, 1.82) is 0 Å². The largest absolute Gasteiger partial charge is 0.391 e. The van der Waals surface area contributed by atoms with Crippen molar-refractivity contribution in [2.24, 2.45) is 69.7 Å². The average molecular weight is 1750 g/mol. The Labute approximate surface area is 732 Å². The van der Waals surface area contributed by atoms with Gasteiger partial charge in [0.1, 0.15) is 84.6 Å². The van der Waals surface area contributed by atoms with Gasteiger partial charge in [0.05, 0.1) is 6.10 Å². The van der Waals surface area contributed by atoms with Gasteiger partial charge in [-0.1, -0.05) is 93.9 Å². The minimum absolute atomic E-state index is 0.00388. The number of benzene rings is 1. The van der Waals surface area contributed by atoms with Crippen LogP contribution >= 0.6 is 0 Å². The molecule has 0 radical (unpaired) electrons.